The van der Waals surface area contributed by atoms with Gasteiger partial charge in [0.25, 0.3) is 0 Å². The Kier molecular flexibility index (Phi) is 3.03. The van der Waals surface area contributed by atoms with Gasteiger partial charge < -0.3 is 4.74 Å². The van der Waals surface area contributed by atoms with E-state index in [0.29, 0.717) is 12.5 Å². The molecule has 3 rings (SSSR count). The van der Waals surface area contributed by atoms with Crippen LogP contribution in [0.4, 0.5) is 4.39 Å². The Morgan fingerprint density at radius 3 is 2.89 bits per heavy atom. The van der Waals surface area contributed by atoms with Crippen molar-refractivity contribution < 1.29 is 13.9 Å². The molecule has 1 aliphatic heterocycles. The third kappa shape index (κ3) is 2.03. The van der Waals surface area contributed by atoms with E-state index in [1.54, 1.807) is 12.1 Å². The number of nitrogens with one attached hydrogen (secondary N) is 1. The SMILES string of the molecule is COC(=O)C12CC1CCN2NCc1ccc(F)cc1. The van der Waals surface area contributed by atoms with Crippen LogP contribution in [0.2, 0.25) is 0 Å². The van der Waals surface area contributed by atoms with Gasteiger partial charge in [0.15, 0.2) is 0 Å². The van der Waals surface area contributed by atoms with Crippen LogP contribution in [-0.4, -0.2) is 30.2 Å². The van der Waals surface area contributed by atoms with Crippen LogP contribution in [0.15, 0.2) is 24.3 Å². The number of hydrazine groups is 1. The summed E-state index contributed by atoms with van der Waals surface area (Å²) in [4.78, 5) is 11.9. The number of hydrogen-bond acceptors (Lipinski definition) is 4. The molecule has 1 aromatic rings. The molecule has 1 aromatic carbocycles. The molecular weight excluding hydrogens is 247 g/mol. The average molecular weight is 264 g/mol. The lowest BCUT2D eigenvalue weighted by atomic mass is 10.2. The summed E-state index contributed by atoms with van der Waals surface area (Å²) in [5.41, 5.74) is 3.82. The quantitative estimate of drug-likeness (QED) is 0.836. The van der Waals surface area contributed by atoms with E-state index in [9.17, 15) is 9.18 Å². The number of benzene rings is 1. The van der Waals surface area contributed by atoms with Crippen LogP contribution >= 0.6 is 0 Å². The summed E-state index contributed by atoms with van der Waals surface area (Å²) in [5, 5.41) is 1.99. The molecule has 1 saturated heterocycles. The van der Waals surface area contributed by atoms with Gasteiger partial charge >= 0.3 is 5.97 Å². The van der Waals surface area contributed by atoms with Crippen LogP contribution in [0.25, 0.3) is 0 Å². The Bertz CT molecular complexity index is 491. The molecular formula is C14H17FN2O2. The Morgan fingerprint density at radius 2 is 2.26 bits per heavy atom. The van der Waals surface area contributed by atoms with Gasteiger partial charge in [-0.25, -0.2) is 19.6 Å². The van der Waals surface area contributed by atoms with Gasteiger partial charge in [0.2, 0.25) is 0 Å². The van der Waals surface area contributed by atoms with Crippen molar-refractivity contribution in [2.75, 3.05) is 13.7 Å². The lowest BCUT2D eigenvalue weighted by molar-refractivity contribution is -0.149. The van der Waals surface area contributed by atoms with E-state index in [-0.39, 0.29) is 11.8 Å². The van der Waals surface area contributed by atoms with Crippen molar-refractivity contribution in [3.05, 3.63) is 35.6 Å². The van der Waals surface area contributed by atoms with Gasteiger partial charge in [0.1, 0.15) is 11.4 Å². The number of piperidine rings is 1. The number of hydrogen-bond donors (Lipinski definition) is 1. The molecule has 4 nitrogen and oxygen atoms in total. The number of ether oxygens (including phenoxy) is 1. The van der Waals surface area contributed by atoms with Crippen molar-refractivity contribution in [1.82, 2.24) is 10.4 Å². The number of nitrogens with zero attached hydrogens (tertiary/aromatic N) is 1. The molecule has 2 aliphatic rings. The van der Waals surface area contributed by atoms with Crippen molar-refractivity contribution in [1.29, 1.82) is 0 Å². The fourth-order valence-electron chi connectivity index (χ4n) is 3.02. The van der Waals surface area contributed by atoms with Gasteiger partial charge in [-0.3, -0.25) is 0 Å². The molecule has 2 unspecified atom stereocenters. The second-order valence-electron chi connectivity index (χ2n) is 5.22. The molecule has 5 heteroatoms. The number of rotatable bonds is 4. The number of carbonyl (C=O) groups excluding carboxylic acids is 1. The summed E-state index contributed by atoms with van der Waals surface area (Å²) >= 11 is 0. The van der Waals surface area contributed by atoms with Crippen molar-refractivity contribution >= 4 is 5.97 Å². The first-order valence-corrected chi connectivity index (χ1v) is 6.51. The summed E-state index contributed by atoms with van der Waals surface area (Å²) in [5.74, 6) is 0.0282. The van der Waals surface area contributed by atoms with Crippen molar-refractivity contribution in [3.8, 4) is 0 Å². The maximum Gasteiger partial charge on any atom is 0.327 e. The summed E-state index contributed by atoms with van der Waals surface area (Å²) in [6.45, 7) is 1.44. The van der Waals surface area contributed by atoms with Crippen molar-refractivity contribution in [2.24, 2.45) is 5.92 Å². The molecule has 2 fully saturated rings. The van der Waals surface area contributed by atoms with E-state index in [4.69, 9.17) is 4.74 Å². The Labute approximate surface area is 111 Å². The molecule has 1 heterocycles. The Balaban J connectivity index is 1.64. The smallest absolute Gasteiger partial charge is 0.327 e. The minimum Gasteiger partial charge on any atom is -0.468 e. The number of methoxy groups -OCH3 is 1. The molecule has 1 saturated carbocycles. The zero-order valence-electron chi connectivity index (χ0n) is 10.9. The lowest BCUT2D eigenvalue weighted by Gasteiger charge is -2.26. The maximum atomic E-state index is 12.8. The molecule has 0 aromatic heterocycles. The largest absolute Gasteiger partial charge is 0.468 e. The number of halogens is 1. The van der Waals surface area contributed by atoms with Gasteiger partial charge in [-0.15, -0.1) is 0 Å². The first-order chi connectivity index (χ1) is 9.16. The molecule has 1 N–H and O–H groups in total. The highest BCUT2D eigenvalue weighted by Gasteiger charge is 2.68. The first-order valence-electron chi connectivity index (χ1n) is 6.51. The predicted molar refractivity (Wildman–Crippen MR) is 67.4 cm³/mol. The van der Waals surface area contributed by atoms with Crippen molar-refractivity contribution in [3.63, 3.8) is 0 Å². The highest BCUT2D eigenvalue weighted by atomic mass is 19.1. The molecule has 0 bridgehead atoms. The molecule has 0 amide bonds. The Morgan fingerprint density at radius 1 is 1.53 bits per heavy atom. The Hall–Kier alpha value is -1.46. The molecule has 1 aliphatic carbocycles. The van der Waals surface area contributed by atoms with Gasteiger partial charge in [0.05, 0.1) is 7.11 Å². The summed E-state index contributed by atoms with van der Waals surface area (Å²) in [6.07, 6.45) is 1.89. The lowest BCUT2D eigenvalue weighted by Crippen LogP contribution is -2.49. The van der Waals surface area contributed by atoms with Crippen LogP contribution in [0.1, 0.15) is 18.4 Å². The highest BCUT2D eigenvalue weighted by Crippen LogP contribution is 2.55. The zero-order valence-corrected chi connectivity index (χ0v) is 10.9. The van der Waals surface area contributed by atoms with Gasteiger partial charge in [0, 0.05) is 13.1 Å². The minimum atomic E-state index is -0.450. The second kappa shape index (κ2) is 4.58. The van der Waals surface area contributed by atoms with Crippen LogP contribution in [0.5, 0.6) is 0 Å². The minimum absolute atomic E-state index is 0.151. The number of esters is 1. The topological polar surface area (TPSA) is 41.6 Å². The number of carbonyl (C=O) groups is 1. The standard InChI is InChI=1S/C14H17FN2O2/c1-19-13(18)14-8-11(14)6-7-17(14)16-9-10-2-4-12(15)5-3-10/h2-5,11,16H,6-9H2,1H3. The van der Waals surface area contributed by atoms with Crippen LogP contribution in [0.3, 0.4) is 0 Å². The monoisotopic (exact) mass is 264 g/mol. The maximum absolute atomic E-state index is 12.8. The molecule has 0 spiro atoms. The average Bonchev–Trinajstić information content (AvgIpc) is 3.06. The molecule has 102 valence electrons. The fraction of sp³-hybridized carbons (Fsp3) is 0.500. The summed E-state index contributed by atoms with van der Waals surface area (Å²) in [7, 11) is 1.43. The summed E-state index contributed by atoms with van der Waals surface area (Å²) in [6, 6.07) is 6.37. The van der Waals surface area contributed by atoms with E-state index in [2.05, 4.69) is 5.43 Å². The first kappa shape index (κ1) is 12.6. The summed E-state index contributed by atoms with van der Waals surface area (Å²) < 4.78 is 17.7. The third-order valence-electron chi connectivity index (χ3n) is 4.18. The van der Waals surface area contributed by atoms with E-state index >= 15 is 0 Å². The van der Waals surface area contributed by atoms with Crippen LogP contribution in [-0.2, 0) is 16.1 Å². The third-order valence-corrected chi connectivity index (χ3v) is 4.18. The fourth-order valence-corrected chi connectivity index (χ4v) is 3.02. The van der Waals surface area contributed by atoms with Gasteiger partial charge in [-0.05, 0) is 36.5 Å². The van der Waals surface area contributed by atoms with E-state index in [1.165, 1.54) is 19.2 Å². The predicted octanol–water partition coefficient (Wildman–Crippen LogP) is 1.47. The molecule has 2 atom stereocenters. The highest BCUT2D eigenvalue weighted by molar-refractivity contribution is 5.85. The second-order valence-corrected chi connectivity index (χ2v) is 5.22. The van der Waals surface area contributed by atoms with Gasteiger partial charge in [-0.2, -0.15) is 0 Å². The van der Waals surface area contributed by atoms with Crippen molar-refractivity contribution in [2.45, 2.75) is 24.9 Å². The zero-order chi connectivity index (χ0) is 13.5. The van der Waals surface area contributed by atoms with Crippen LogP contribution < -0.4 is 5.43 Å². The van der Waals surface area contributed by atoms with E-state index in [0.717, 1.165) is 24.9 Å². The van der Waals surface area contributed by atoms with Gasteiger partial charge in [-0.1, -0.05) is 12.1 Å². The normalized spacial score (nSPS) is 29.1. The van der Waals surface area contributed by atoms with Crippen LogP contribution in [0, 0.1) is 11.7 Å². The molecule has 0 radical (unpaired) electrons. The van der Waals surface area contributed by atoms with E-state index in [1.807, 2.05) is 5.01 Å². The van der Waals surface area contributed by atoms with E-state index < -0.39 is 5.54 Å². The number of fused-ring (bicyclic) bond motifs is 1. The molecule has 19 heavy (non-hydrogen) atoms.